The molecular formula is C15H17N3O. The largest absolute Gasteiger partial charge is 0.372 e. The predicted octanol–water partition coefficient (Wildman–Crippen LogP) is 1.98. The molecule has 1 aliphatic rings. The third kappa shape index (κ3) is 2.37. The van der Waals surface area contributed by atoms with Crippen LogP contribution in [0.25, 0.3) is 11.3 Å². The van der Waals surface area contributed by atoms with E-state index < -0.39 is 0 Å². The molecule has 1 aliphatic heterocycles. The second-order valence-electron chi connectivity index (χ2n) is 4.65. The average Bonchev–Trinajstić information content (AvgIpc) is 2.48. The predicted molar refractivity (Wildman–Crippen MR) is 73.8 cm³/mol. The Labute approximate surface area is 112 Å². The minimum Gasteiger partial charge on any atom is -0.372 e. The lowest BCUT2D eigenvalue weighted by molar-refractivity contribution is 0.0440. The molecule has 0 radical (unpaired) electrons. The van der Waals surface area contributed by atoms with Crippen LogP contribution >= 0.6 is 0 Å². The summed E-state index contributed by atoms with van der Waals surface area (Å²) in [4.78, 5) is 0. The van der Waals surface area contributed by atoms with Crippen molar-refractivity contribution in [1.29, 1.82) is 0 Å². The van der Waals surface area contributed by atoms with E-state index in [9.17, 15) is 0 Å². The van der Waals surface area contributed by atoms with Crippen LogP contribution in [0.5, 0.6) is 0 Å². The first kappa shape index (κ1) is 12.3. The Bertz CT molecular complexity index is 557. The molecule has 0 bridgehead atoms. The van der Waals surface area contributed by atoms with Crippen LogP contribution in [0.4, 0.5) is 0 Å². The smallest absolute Gasteiger partial charge is 0.0952 e. The van der Waals surface area contributed by atoms with Gasteiger partial charge < -0.3 is 10.1 Å². The van der Waals surface area contributed by atoms with Gasteiger partial charge in [0.05, 0.1) is 18.4 Å². The van der Waals surface area contributed by atoms with Gasteiger partial charge in [0.1, 0.15) is 0 Å². The van der Waals surface area contributed by atoms with Gasteiger partial charge in [-0.25, -0.2) is 0 Å². The molecule has 0 saturated carbocycles. The summed E-state index contributed by atoms with van der Waals surface area (Å²) in [5.74, 6) is 0. The zero-order chi connectivity index (χ0) is 13.1. The fourth-order valence-electron chi connectivity index (χ4n) is 2.62. The van der Waals surface area contributed by atoms with Crippen LogP contribution in [-0.4, -0.2) is 30.4 Å². The van der Waals surface area contributed by atoms with Gasteiger partial charge in [-0.1, -0.05) is 18.2 Å². The minimum absolute atomic E-state index is 0.130. The molecule has 1 aromatic heterocycles. The lowest BCUT2D eigenvalue weighted by Gasteiger charge is -2.27. The van der Waals surface area contributed by atoms with E-state index in [0.717, 1.165) is 25.3 Å². The SMILES string of the molecule is CNCC1OCCc2c(-c3cccnn3)cccc21. The third-order valence-electron chi connectivity index (χ3n) is 3.47. The van der Waals surface area contributed by atoms with E-state index in [4.69, 9.17) is 4.74 Å². The fourth-order valence-corrected chi connectivity index (χ4v) is 2.62. The first-order chi connectivity index (χ1) is 9.40. The van der Waals surface area contributed by atoms with Gasteiger partial charge in [-0.05, 0) is 36.7 Å². The van der Waals surface area contributed by atoms with E-state index in [1.807, 2.05) is 19.2 Å². The molecular weight excluding hydrogens is 238 g/mol. The van der Waals surface area contributed by atoms with Crippen LogP contribution in [0.15, 0.2) is 36.5 Å². The second-order valence-corrected chi connectivity index (χ2v) is 4.65. The highest BCUT2D eigenvalue weighted by Gasteiger charge is 2.22. The highest BCUT2D eigenvalue weighted by Crippen LogP contribution is 2.33. The van der Waals surface area contributed by atoms with Gasteiger partial charge in [-0.3, -0.25) is 0 Å². The lowest BCUT2D eigenvalue weighted by atomic mass is 9.91. The topological polar surface area (TPSA) is 47.0 Å². The van der Waals surface area contributed by atoms with Crippen LogP contribution in [0, 0.1) is 0 Å². The molecule has 0 spiro atoms. The highest BCUT2D eigenvalue weighted by atomic mass is 16.5. The number of ether oxygens (including phenoxy) is 1. The van der Waals surface area contributed by atoms with E-state index in [0.29, 0.717) is 0 Å². The van der Waals surface area contributed by atoms with Crippen molar-refractivity contribution in [3.63, 3.8) is 0 Å². The maximum Gasteiger partial charge on any atom is 0.0952 e. The number of fused-ring (bicyclic) bond motifs is 1. The number of hydrogen-bond acceptors (Lipinski definition) is 4. The van der Waals surface area contributed by atoms with Crippen molar-refractivity contribution < 1.29 is 4.74 Å². The number of hydrogen-bond donors (Lipinski definition) is 1. The van der Waals surface area contributed by atoms with Crippen molar-refractivity contribution in [2.24, 2.45) is 0 Å². The summed E-state index contributed by atoms with van der Waals surface area (Å²) in [7, 11) is 1.95. The Morgan fingerprint density at radius 3 is 3.05 bits per heavy atom. The summed E-state index contributed by atoms with van der Waals surface area (Å²) in [6, 6.07) is 10.3. The minimum atomic E-state index is 0.130. The van der Waals surface area contributed by atoms with Crippen molar-refractivity contribution in [2.75, 3.05) is 20.2 Å². The molecule has 1 unspecified atom stereocenters. The van der Waals surface area contributed by atoms with Crippen molar-refractivity contribution in [3.05, 3.63) is 47.7 Å². The normalized spacial score (nSPS) is 18.1. The Morgan fingerprint density at radius 1 is 1.32 bits per heavy atom. The molecule has 19 heavy (non-hydrogen) atoms. The van der Waals surface area contributed by atoms with Gasteiger partial charge in [-0.2, -0.15) is 10.2 Å². The summed E-state index contributed by atoms with van der Waals surface area (Å²) >= 11 is 0. The van der Waals surface area contributed by atoms with Crippen LogP contribution in [0.2, 0.25) is 0 Å². The van der Waals surface area contributed by atoms with Gasteiger partial charge in [0.2, 0.25) is 0 Å². The molecule has 1 aromatic carbocycles. The molecule has 3 rings (SSSR count). The lowest BCUT2D eigenvalue weighted by Crippen LogP contribution is -2.25. The third-order valence-corrected chi connectivity index (χ3v) is 3.47. The highest BCUT2D eigenvalue weighted by molar-refractivity contribution is 5.65. The maximum atomic E-state index is 5.84. The van der Waals surface area contributed by atoms with Crippen molar-refractivity contribution in [1.82, 2.24) is 15.5 Å². The molecule has 2 heterocycles. The zero-order valence-corrected chi connectivity index (χ0v) is 11.0. The van der Waals surface area contributed by atoms with Crippen molar-refractivity contribution in [3.8, 4) is 11.3 Å². The number of aromatic nitrogens is 2. The van der Waals surface area contributed by atoms with E-state index >= 15 is 0 Å². The van der Waals surface area contributed by atoms with Gasteiger partial charge in [0, 0.05) is 18.3 Å². The van der Waals surface area contributed by atoms with Crippen molar-refractivity contribution in [2.45, 2.75) is 12.5 Å². The molecule has 2 aromatic rings. The second kappa shape index (κ2) is 5.47. The molecule has 0 aliphatic carbocycles. The van der Waals surface area contributed by atoms with Crippen LogP contribution < -0.4 is 5.32 Å². The van der Waals surface area contributed by atoms with E-state index in [-0.39, 0.29) is 6.10 Å². The molecule has 0 amide bonds. The first-order valence-electron chi connectivity index (χ1n) is 6.56. The maximum absolute atomic E-state index is 5.84. The van der Waals surface area contributed by atoms with Crippen LogP contribution in [0.3, 0.4) is 0 Å². The summed E-state index contributed by atoms with van der Waals surface area (Å²) in [6.45, 7) is 1.59. The standard InChI is InChI=1S/C15H17N3O/c1-16-10-15-13-5-2-4-12(11(13)7-9-19-15)14-6-3-8-17-18-14/h2-6,8,15-16H,7,9-10H2,1H3. The molecule has 0 saturated heterocycles. The Hall–Kier alpha value is -1.78. The average molecular weight is 255 g/mol. The molecule has 0 fully saturated rings. The van der Waals surface area contributed by atoms with Crippen molar-refractivity contribution >= 4 is 0 Å². The molecule has 1 atom stereocenters. The van der Waals surface area contributed by atoms with Gasteiger partial charge in [-0.15, -0.1) is 0 Å². The number of nitrogens with zero attached hydrogens (tertiary/aromatic N) is 2. The van der Waals surface area contributed by atoms with Gasteiger partial charge in [0.25, 0.3) is 0 Å². The molecule has 4 nitrogen and oxygen atoms in total. The summed E-state index contributed by atoms with van der Waals surface area (Å²) in [5.41, 5.74) is 4.72. The summed E-state index contributed by atoms with van der Waals surface area (Å²) in [5, 5.41) is 11.4. The zero-order valence-electron chi connectivity index (χ0n) is 11.0. The van der Waals surface area contributed by atoms with Gasteiger partial charge in [0.15, 0.2) is 0 Å². The number of rotatable bonds is 3. The van der Waals surface area contributed by atoms with Gasteiger partial charge >= 0.3 is 0 Å². The number of benzene rings is 1. The Morgan fingerprint density at radius 2 is 2.26 bits per heavy atom. The number of likely N-dealkylation sites (N-methyl/N-ethyl adjacent to an activating group) is 1. The Balaban J connectivity index is 2.06. The summed E-state index contributed by atoms with van der Waals surface area (Å²) < 4.78 is 5.84. The quantitative estimate of drug-likeness (QED) is 0.911. The molecule has 4 heteroatoms. The number of nitrogens with one attached hydrogen (secondary N) is 1. The monoisotopic (exact) mass is 255 g/mol. The van der Waals surface area contributed by atoms with E-state index in [1.54, 1.807) is 6.20 Å². The van der Waals surface area contributed by atoms with Crippen LogP contribution in [0.1, 0.15) is 17.2 Å². The van der Waals surface area contributed by atoms with E-state index in [2.05, 4.69) is 33.7 Å². The molecule has 1 N–H and O–H groups in total. The summed E-state index contributed by atoms with van der Waals surface area (Å²) in [6.07, 6.45) is 2.76. The molecule has 98 valence electrons. The first-order valence-corrected chi connectivity index (χ1v) is 6.56. The van der Waals surface area contributed by atoms with E-state index in [1.165, 1.54) is 16.7 Å². The van der Waals surface area contributed by atoms with Crippen LogP contribution in [-0.2, 0) is 11.2 Å². The fraction of sp³-hybridized carbons (Fsp3) is 0.333. The Kier molecular flexibility index (Phi) is 3.53.